The number of nitrogens with zero attached hydrogens (tertiary/aromatic N) is 1. The highest BCUT2D eigenvalue weighted by atomic mass is 32.2. The Bertz CT molecular complexity index is 789. The third-order valence-corrected chi connectivity index (χ3v) is 6.45. The number of ether oxygens (including phenoxy) is 1. The summed E-state index contributed by atoms with van der Waals surface area (Å²) in [5.74, 6) is -0.291. The van der Waals surface area contributed by atoms with Crippen LogP contribution in [0.25, 0.3) is 0 Å². The molecule has 0 radical (unpaired) electrons. The standard InChI is InChI=1S/C19H29N3O5S/c1-3-11-20-18(23)9-10-19(24)21-15-7-8-16(27-2)17(14-15)28(25,26)22-12-5-4-6-13-22/h7-8,14H,3-6,9-13H2,1-2H3,(H,20,23)(H,21,24). The molecule has 0 bridgehead atoms. The topological polar surface area (TPSA) is 105 Å². The maximum absolute atomic E-state index is 13.0. The lowest BCUT2D eigenvalue weighted by molar-refractivity contribution is -0.124. The van der Waals surface area contributed by atoms with Crippen molar-refractivity contribution in [3.8, 4) is 5.75 Å². The van der Waals surface area contributed by atoms with Crippen LogP contribution in [0.3, 0.4) is 0 Å². The molecule has 0 aromatic heterocycles. The molecule has 0 unspecified atom stereocenters. The Labute approximate surface area is 166 Å². The maximum Gasteiger partial charge on any atom is 0.246 e. The highest BCUT2D eigenvalue weighted by Crippen LogP contribution is 2.31. The number of carbonyl (C=O) groups excluding carboxylic acids is 2. The molecule has 156 valence electrons. The summed E-state index contributed by atoms with van der Waals surface area (Å²) in [4.78, 5) is 23.8. The molecule has 28 heavy (non-hydrogen) atoms. The molecule has 1 heterocycles. The second-order valence-electron chi connectivity index (χ2n) is 6.73. The van der Waals surface area contributed by atoms with Gasteiger partial charge in [-0.1, -0.05) is 13.3 Å². The fourth-order valence-corrected chi connectivity index (χ4v) is 4.70. The van der Waals surface area contributed by atoms with Gasteiger partial charge < -0.3 is 15.4 Å². The summed E-state index contributed by atoms with van der Waals surface area (Å²) in [5, 5.41) is 5.37. The highest BCUT2D eigenvalue weighted by molar-refractivity contribution is 7.89. The Morgan fingerprint density at radius 1 is 1.11 bits per heavy atom. The van der Waals surface area contributed by atoms with Crippen molar-refractivity contribution < 1.29 is 22.7 Å². The first-order valence-corrected chi connectivity index (χ1v) is 11.1. The molecule has 1 aromatic rings. The molecule has 0 atom stereocenters. The average molecular weight is 412 g/mol. The number of piperidine rings is 1. The summed E-state index contributed by atoms with van der Waals surface area (Å²) < 4.78 is 32.7. The number of hydrogen-bond acceptors (Lipinski definition) is 5. The molecule has 1 aromatic carbocycles. The Balaban J connectivity index is 2.09. The number of sulfonamides is 1. The van der Waals surface area contributed by atoms with E-state index in [2.05, 4.69) is 10.6 Å². The van der Waals surface area contributed by atoms with Crippen LogP contribution in [0.2, 0.25) is 0 Å². The van der Waals surface area contributed by atoms with Gasteiger partial charge in [0.1, 0.15) is 10.6 Å². The molecule has 1 saturated heterocycles. The Kier molecular flexibility index (Phi) is 8.25. The van der Waals surface area contributed by atoms with E-state index in [4.69, 9.17) is 4.74 Å². The van der Waals surface area contributed by atoms with Gasteiger partial charge in [0.15, 0.2) is 0 Å². The number of anilines is 1. The van der Waals surface area contributed by atoms with Gasteiger partial charge in [-0.15, -0.1) is 0 Å². The summed E-state index contributed by atoms with van der Waals surface area (Å²) >= 11 is 0. The molecule has 1 fully saturated rings. The van der Waals surface area contributed by atoms with Crippen LogP contribution in [-0.2, 0) is 19.6 Å². The summed E-state index contributed by atoms with van der Waals surface area (Å²) in [5.41, 5.74) is 0.357. The first-order valence-electron chi connectivity index (χ1n) is 9.63. The Morgan fingerprint density at radius 2 is 1.79 bits per heavy atom. The number of carbonyl (C=O) groups is 2. The van der Waals surface area contributed by atoms with Crippen molar-refractivity contribution in [3.63, 3.8) is 0 Å². The van der Waals surface area contributed by atoms with E-state index in [1.54, 1.807) is 6.07 Å². The van der Waals surface area contributed by atoms with E-state index in [1.165, 1.54) is 23.5 Å². The monoisotopic (exact) mass is 411 g/mol. The van der Waals surface area contributed by atoms with Crippen LogP contribution in [0.15, 0.2) is 23.1 Å². The zero-order valence-electron chi connectivity index (χ0n) is 16.5. The second kappa shape index (κ2) is 10.4. The first kappa shape index (κ1) is 22.2. The zero-order chi connectivity index (χ0) is 20.6. The van der Waals surface area contributed by atoms with Gasteiger partial charge >= 0.3 is 0 Å². The van der Waals surface area contributed by atoms with Crippen LogP contribution in [0.4, 0.5) is 5.69 Å². The number of amides is 2. The smallest absolute Gasteiger partial charge is 0.246 e. The van der Waals surface area contributed by atoms with Crippen LogP contribution >= 0.6 is 0 Å². The Hall–Kier alpha value is -2.13. The Morgan fingerprint density at radius 3 is 2.43 bits per heavy atom. The van der Waals surface area contributed by atoms with Gasteiger partial charge in [0.05, 0.1) is 7.11 Å². The van der Waals surface area contributed by atoms with E-state index in [0.717, 1.165) is 25.7 Å². The van der Waals surface area contributed by atoms with Crippen molar-refractivity contribution in [2.45, 2.75) is 50.3 Å². The van der Waals surface area contributed by atoms with E-state index in [0.29, 0.717) is 25.3 Å². The first-order chi connectivity index (χ1) is 13.4. The summed E-state index contributed by atoms with van der Waals surface area (Å²) in [7, 11) is -2.29. The van der Waals surface area contributed by atoms with Gasteiger partial charge in [-0.05, 0) is 37.5 Å². The van der Waals surface area contributed by atoms with Crippen LogP contribution in [0.1, 0.15) is 45.4 Å². The fraction of sp³-hybridized carbons (Fsp3) is 0.579. The van der Waals surface area contributed by atoms with Crippen molar-refractivity contribution in [1.82, 2.24) is 9.62 Å². The number of hydrogen-bond donors (Lipinski definition) is 2. The largest absolute Gasteiger partial charge is 0.495 e. The fourth-order valence-electron chi connectivity index (χ4n) is 3.00. The quantitative estimate of drug-likeness (QED) is 0.648. The molecule has 2 N–H and O–H groups in total. The normalized spacial score (nSPS) is 15.1. The van der Waals surface area contributed by atoms with Crippen molar-refractivity contribution in [2.75, 3.05) is 32.1 Å². The summed E-state index contributed by atoms with van der Waals surface area (Å²) in [6, 6.07) is 4.53. The molecule has 1 aliphatic heterocycles. The molecule has 2 rings (SSSR count). The summed E-state index contributed by atoms with van der Waals surface area (Å²) in [6.07, 6.45) is 3.62. The van der Waals surface area contributed by atoms with Crippen LogP contribution in [-0.4, -0.2) is 51.3 Å². The van der Waals surface area contributed by atoms with E-state index in [9.17, 15) is 18.0 Å². The lowest BCUT2D eigenvalue weighted by Crippen LogP contribution is -2.35. The molecule has 2 amide bonds. The predicted molar refractivity (Wildman–Crippen MR) is 107 cm³/mol. The highest BCUT2D eigenvalue weighted by Gasteiger charge is 2.29. The predicted octanol–water partition coefficient (Wildman–Crippen LogP) is 2.11. The van der Waals surface area contributed by atoms with E-state index < -0.39 is 10.0 Å². The molecule has 8 nitrogen and oxygen atoms in total. The van der Waals surface area contributed by atoms with Crippen molar-refractivity contribution in [2.24, 2.45) is 0 Å². The van der Waals surface area contributed by atoms with Crippen LogP contribution in [0, 0.1) is 0 Å². The van der Waals surface area contributed by atoms with Crippen LogP contribution < -0.4 is 15.4 Å². The number of benzene rings is 1. The van der Waals surface area contributed by atoms with Crippen molar-refractivity contribution in [3.05, 3.63) is 18.2 Å². The number of methoxy groups -OCH3 is 1. The lowest BCUT2D eigenvalue weighted by atomic mass is 10.2. The van der Waals surface area contributed by atoms with E-state index in [1.807, 2.05) is 6.92 Å². The van der Waals surface area contributed by atoms with Crippen LogP contribution in [0.5, 0.6) is 5.75 Å². The SMILES string of the molecule is CCCNC(=O)CCC(=O)Nc1ccc(OC)c(S(=O)(=O)N2CCCCC2)c1. The second-order valence-corrected chi connectivity index (χ2v) is 8.63. The van der Waals surface area contributed by atoms with Gasteiger partial charge in [-0.2, -0.15) is 4.31 Å². The number of rotatable bonds is 9. The summed E-state index contributed by atoms with van der Waals surface area (Å²) in [6.45, 7) is 3.49. The molecule has 0 spiro atoms. The van der Waals surface area contributed by atoms with Crippen molar-refractivity contribution >= 4 is 27.5 Å². The number of nitrogens with one attached hydrogen (secondary N) is 2. The lowest BCUT2D eigenvalue weighted by Gasteiger charge is -2.26. The van der Waals surface area contributed by atoms with Crippen molar-refractivity contribution in [1.29, 1.82) is 0 Å². The minimum Gasteiger partial charge on any atom is -0.495 e. The van der Waals surface area contributed by atoms with Gasteiger partial charge in [0.2, 0.25) is 21.8 Å². The molecule has 1 aliphatic rings. The maximum atomic E-state index is 13.0. The van der Waals surface area contributed by atoms with Gasteiger partial charge in [-0.25, -0.2) is 8.42 Å². The molecule has 0 aliphatic carbocycles. The van der Waals surface area contributed by atoms with Gasteiger partial charge in [-0.3, -0.25) is 9.59 Å². The third kappa shape index (κ3) is 5.93. The van der Waals surface area contributed by atoms with E-state index in [-0.39, 0.29) is 35.3 Å². The molecule has 0 saturated carbocycles. The average Bonchev–Trinajstić information content (AvgIpc) is 2.71. The zero-order valence-corrected chi connectivity index (χ0v) is 17.3. The molecular formula is C19H29N3O5S. The minimum absolute atomic E-state index is 0.0236. The minimum atomic E-state index is -3.71. The van der Waals surface area contributed by atoms with Gasteiger partial charge in [0, 0.05) is 38.2 Å². The van der Waals surface area contributed by atoms with Gasteiger partial charge in [0.25, 0.3) is 0 Å². The third-order valence-electron chi connectivity index (χ3n) is 4.53. The molecule has 9 heteroatoms. The molecular weight excluding hydrogens is 382 g/mol. The van der Waals surface area contributed by atoms with E-state index >= 15 is 0 Å².